The number of carbonyl (C=O) groups excluding carboxylic acids is 2. The van der Waals surface area contributed by atoms with Crippen LogP contribution in [0.15, 0.2) is 0 Å². The third-order valence-corrected chi connectivity index (χ3v) is 3.77. The van der Waals surface area contributed by atoms with Gasteiger partial charge in [-0.25, -0.2) is 4.79 Å². The number of piperidine rings is 1. The minimum atomic E-state index is -0.173. The van der Waals surface area contributed by atoms with Crippen molar-refractivity contribution in [1.82, 2.24) is 15.5 Å². The highest BCUT2D eigenvalue weighted by Crippen LogP contribution is 2.19. The predicted octanol–water partition coefficient (Wildman–Crippen LogP) is 1.73. The van der Waals surface area contributed by atoms with E-state index in [0.29, 0.717) is 32.0 Å². The zero-order valence-electron chi connectivity index (χ0n) is 13.9. The van der Waals surface area contributed by atoms with Gasteiger partial charge in [0.1, 0.15) is 0 Å². The Bertz CT molecular complexity index is 417. The fraction of sp³-hybridized carbons (Fsp3) is 0.812. The van der Waals surface area contributed by atoms with Gasteiger partial charge in [0.25, 0.3) is 0 Å². The molecule has 6 nitrogen and oxygen atoms in total. The molecule has 0 aromatic heterocycles. The van der Waals surface area contributed by atoms with Gasteiger partial charge in [-0.1, -0.05) is 13.8 Å². The molecule has 0 aromatic rings. The molecule has 6 heteroatoms. The highest BCUT2D eigenvalue weighted by Gasteiger charge is 2.25. The molecular weight excluding hydrogens is 280 g/mol. The number of likely N-dealkylation sites (tertiary alicyclic amines) is 1. The second kappa shape index (κ2) is 9.29. The van der Waals surface area contributed by atoms with Crippen molar-refractivity contribution in [3.63, 3.8) is 0 Å². The highest BCUT2D eigenvalue weighted by molar-refractivity contribution is 5.77. The number of hydrogen-bond donors (Lipinski definition) is 2. The van der Waals surface area contributed by atoms with Crippen LogP contribution >= 0.6 is 0 Å². The predicted molar refractivity (Wildman–Crippen MR) is 84.9 cm³/mol. The summed E-state index contributed by atoms with van der Waals surface area (Å²) in [7, 11) is 0. The monoisotopic (exact) mass is 308 g/mol. The van der Waals surface area contributed by atoms with Crippen LogP contribution in [0, 0.1) is 29.1 Å². The van der Waals surface area contributed by atoms with Gasteiger partial charge in [0.05, 0.1) is 12.0 Å². The van der Waals surface area contributed by atoms with Crippen LogP contribution in [0.4, 0.5) is 4.79 Å². The van der Waals surface area contributed by atoms with E-state index in [1.165, 1.54) is 0 Å². The summed E-state index contributed by atoms with van der Waals surface area (Å²) in [5, 5.41) is 14.4. The quantitative estimate of drug-likeness (QED) is 0.783. The normalized spacial score (nSPS) is 19.4. The van der Waals surface area contributed by atoms with Gasteiger partial charge in [0.15, 0.2) is 0 Å². The maximum Gasteiger partial charge on any atom is 0.317 e. The molecule has 1 rings (SSSR count). The maximum absolute atomic E-state index is 12.1. The molecular formula is C16H28N4O2. The summed E-state index contributed by atoms with van der Waals surface area (Å²) < 4.78 is 0. The summed E-state index contributed by atoms with van der Waals surface area (Å²) in [5.41, 5.74) is 0. The Morgan fingerprint density at radius 1 is 1.27 bits per heavy atom. The lowest BCUT2D eigenvalue weighted by Gasteiger charge is -2.32. The Balaban J connectivity index is 2.35. The topological polar surface area (TPSA) is 85.2 Å². The van der Waals surface area contributed by atoms with Gasteiger partial charge in [0, 0.05) is 32.6 Å². The summed E-state index contributed by atoms with van der Waals surface area (Å²) in [6.07, 6.45) is 2.32. The second-order valence-corrected chi connectivity index (χ2v) is 6.57. The average molecular weight is 308 g/mol. The van der Waals surface area contributed by atoms with Crippen LogP contribution in [0.5, 0.6) is 0 Å². The molecule has 22 heavy (non-hydrogen) atoms. The Morgan fingerprint density at radius 2 is 2.00 bits per heavy atom. The average Bonchev–Trinajstić information content (AvgIpc) is 2.50. The van der Waals surface area contributed by atoms with E-state index in [1.807, 2.05) is 4.90 Å². The number of amides is 3. The molecule has 1 fully saturated rings. The molecule has 0 bridgehead atoms. The zero-order valence-corrected chi connectivity index (χ0v) is 13.9. The number of urea groups is 1. The van der Waals surface area contributed by atoms with Gasteiger partial charge in [0.2, 0.25) is 5.91 Å². The van der Waals surface area contributed by atoms with Crippen molar-refractivity contribution >= 4 is 11.9 Å². The molecule has 2 N–H and O–H groups in total. The molecule has 3 amide bonds. The first-order chi connectivity index (χ1) is 10.4. The van der Waals surface area contributed by atoms with E-state index < -0.39 is 0 Å². The molecule has 1 aliphatic rings. The van der Waals surface area contributed by atoms with E-state index in [9.17, 15) is 9.59 Å². The standard InChI is InChI=1S/C16H28N4O2/c1-12(2)9-19-16(22)20-6-4-5-14(11-20)7-15(21)18-10-13(3)8-17/h12-14H,4-7,9-11H2,1-3H3,(H,18,21)(H,19,22)/t13-,14+/m0/s1. The van der Waals surface area contributed by atoms with Crippen LogP contribution in [0.2, 0.25) is 0 Å². The lowest BCUT2D eigenvalue weighted by atomic mass is 9.94. The van der Waals surface area contributed by atoms with E-state index in [2.05, 4.69) is 30.6 Å². The number of hydrogen-bond acceptors (Lipinski definition) is 3. The molecule has 0 aliphatic carbocycles. The van der Waals surface area contributed by atoms with Crippen molar-refractivity contribution in [2.45, 2.75) is 40.0 Å². The van der Waals surface area contributed by atoms with Crippen LogP contribution < -0.4 is 10.6 Å². The van der Waals surface area contributed by atoms with Crippen LogP contribution in [0.25, 0.3) is 0 Å². The smallest absolute Gasteiger partial charge is 0.317 e. The van der Waals surface area contributed by atoms with Crippen molar-refractivity contribution < 1.29 is 9.59 Å². The van der Waals surface area contributed by atoms with E-state index in [1.54, 1.807) is 6.92 Å². The van der Waals surface area contributed by atoms with E-state index in [4.69, 9.17) is 5.26 Å². The Hall–Kier alpha value is -1.77. The minimum Gasteiger partial charge on any atom is -0.355 e. The van der Waals surface area contributed by atoms with Crippen molar-refractivity contribution in [3.05, 3.63) is 0 Å². The highest BCUT2D eigenvalue weighted by atomic mass is 16.2. The van der Waals surface area contributed by atoms with E-state index in [0.717, 1.165) is 19.4 Å². The number of nitrogens with one attached hydrogen (secondary N) is 2. The van der Waals surface area contributed by atoms with Gasteiger partial charge in [-0.05, 0) is 31.6 Å². The summed E-state index contributed by atoms with van der Waals surface area (Å²) in [4.78, 5) is 25.8. The number of carbonyl (C=O) groups is 2. The molecule has 0 radical (unpaired) electrons. The Kier molecular flexibility index (Phi) is 7.72. The summed E-state index contributed by atoms with van der Waals surface area (Å²) in [6, 6.07) is 2.06. The first-order valence-corrected chi connectivity index (χ1v) is 8.11. The SMILES string of the molecule is CC(C)CNC(=O)N1CCC[C@H](CC(=O)NC[C@@H](C)C#N)C1. The molecule has 124 valence electrons. The first kappa shape index (κ1) is 18.3. The Morgan fingerprint density at radius 3 is 2.64 bits per heavy atom. The fourth-order valence-corrected chi connectivity index (χ4v) is 2.47. The molecule has 0 aromatic carbocycles. The van der Waals surface area contributed by atoms with Gasteiger partial charge in [-0.3, -0.25) is 4.79 Å². The van der Waals surface area contributed by atoms with Crippen LogP contribution in [-0.2, 0) is 4.79 Å². The van der Waals surface area contributed by atoms with E-state index >= 15 is 0 Å². The lowest BCUT2D eigenvalue weighted by Crippen LogP contribution is -2.47. The van der Waals surface area contributed by atoms with E-state index in [-0.39, 0.29) is 23.8 Å². The fourth-order valence-electron chi connectivity index (χ4n) is 2.47. The number of rotatable bonds is 6. The molecule has 0 spiro atoms. The third-order valence-electron chi connectivity index (χ3n) is 3.77. The largest absolute Gasteiger partial charge is 0.355 e. The lowest BCUT2D eigenvalue weighted by molar-refractivity contribution is -0.122. The van der Waals surface area contributed by atoms with Crippen LogP contribution in [0.1, 0.15) is 40.0 Å². The summed E-state index contributed by atoms with van der Waals surface area (Å²) in [6.45, 7) is 8.35. The summed E-state index contributed by atoms with van der Waals surface area (Å²) in [5.74, 6) is 0.429. The zero-order chi connectivity index (χ0) is 16.5. The molecule has 0 saturated carbocycles. The first-order valence-electron chi connectivity index (χ1n) is 8.11. The van der Waals surface area contributed by atoms with Gasteiger partial charge in [-0.15, -0.1) is 0 Å². The van der Waals surface area contributed by atoms with Gasteiger partial charge < -0.3 is 15.5 Å². The summed E-state index contributed by atoms with van der Waals surface area (Å²) >= 11 is 0. The molecule has 2 atom stereocenters. The second-order valence-electron chi connectivity index (χ2n) is 6.57. The van der Waals surface area contributed by atoms with Crippen molar-refractivity contribution in [2.24, 2.45) is 17.8 Å². The van der Waals surface area contributed by atoms with Gasteiger partial charge >= 0.3 is 6.03 Å². The van der Waals surface area contributed by atoms with Crippen LogP contribution in [0.3, 0.4) is 0 Å². The molecule has 0 unspecified atom stereocenters. The molecule has 1 saturated heterocycles. The Labute approximate surface area is 133 Å². The van der Waals surface area contributed by atoms with Crippen molar-refractivity contribution in [1.29, 1.82) is 5.26 Å². The van der Waals surface area contributed by atoms with Crippen LogP contribution in [-0.4, -0.2) is 43.0 Å². The van der Waals surface area contributed by atoms with Crippen molar-refractivity contribution in [3.8, 4) is 6.07 Å². The molecule has 1 aliphatic heterocycles. The minimum absolute atomic E-state index is 0.0306. The van der Waals surface area contributed by atoms with Gasteiger partial charge in [-0.2, -0.15) is 5.26 Å². The van der Waals surface area contributed by atoms with Crippen molar-refractivity contribution in [2.75, 3.05) is 26.2 Å². The maximum atomic E-state index is 12.1. The third kappa shape index (κ3) is 6.79. The molecule has 1 heterocycles. The number of nitrogens with zero attached hydrogens (tertiary/aromatic N) is 2. The number of nitriles is 1.